The molecule has 0 aromatic heterocycles. The molecule has 0 radical (unpaired) electrons. The zero-order valence-electron chi connectivity index (χ0n) is 21.9. The van der Waals surface area contributed by atoms with Gasteiger partial charge in [-0.1, -0.05) is 0 Å². The number of anilines is 3. The number of ether oxygens (including phenoxy) is 1. The van der Waals surface area contributed by atoms with Gasteiger partial charge in [0, 0.05) is 28.9 Å². The standard InChI is InChI=1S/C28H27N3O6S3/c1-31(40(35,36)27-18-14-25(38-3)15-19-27)23-10-4-20(5-11-23)28(32)29-21-8-16-26(17-9-21)39(33,34)30-22-6-12-24(37-2)13-7-22/h4-19,30H,1-3H3,(H,29,32). The molecule has 0 saturated carbocycles. The molecular weight excluding hydrogens is 571 g/mol. The number of benzene rings is 4. The van der Waals surface area contributed by atoms with Gasteiger partial charge < -0.3 is 10.1 Å². The van der Waals surface area contributed by atoms with Gasteiger partial charge in [0.25, 0.3) is 26.0 Å². The normalized spacial score (nSPS) is 11.5. The molecule has 40 heavy (non-hydrogen) atoms. The smallest absolute Gasteiger partial charge is 0.264 e. The maximum absolute atomic E-state index is 13.0. The quantitative estimate of drug-likeness (QED) is 0.238. The number of hydrogen-bond donors (Lipinski definition) is 2. The largest absolute Gasteiger partial charge is 0.497 e. The number of rotatable bonds is 10. The van der Waals surface area contributed by atoms with Gasteiger partial charge in [0.15, 0.2) is 0 Å². The number of methoxy groups -OCH3 is 1. The fraction of sp³-hybridized carbons (Fsp3) is 0.107. The van der Waals surface area contributed by atoms with Crippen molar-refractivity contribution in [2.75, 3.05) is 34.8 Å². The Morgan fingerprint density at radius 1 is 0.750 bits per heavy atom. The summed E-state index contributed by atoms with van der Waals surface area (Å²) >= 11 is 1.52. The van der Waals surface area contributed by atoms with Crippen LogP contribution in [0.5, 0.6) is 5.75 Å². The van der Waals surface area contributed by atoms with Gasteiger partial charge in [0.1, 0.15) is 5.75 Å². The lowest BCUT2D eigenvalue weighted by atomic mass is 10.2. The number of thioether (sulfide) groups is 1. The molecule has 0 bridgehead atoms. The molecular formula is C28H27N3O6S3. The highest BCUT2D eigenvalue weighted by Crippen LogP contribution is 2.25. The first kappa shape index (κ1) is 29.0. The summed E-state index contributed by atoms with van der Waals surface area (Å²) in [6, 6.07) is 24.9. The monoisotopic (exact) mass is 597 g/mol. The zero-order chi connectivity index (χ0) is 28.9. The molecule has 12 heteroatoms. The van der Waals surface area contributed by atoms with E-state index in [4.69, 9.17) is 4.74 Å². The lowest BCUT2D eigenvalue weighted by Crippen LogP contribution is -2.26. The van der Waals surface area contributed by atoms with E-state index in [1.807, 2.05) is 6.26 Å². The van der Waals surface area contributed by atoms with Crippen molar-refractivity contribution >= 4 is 54.8 Å². The molecule has 0 spiro atoms. The number of carbonyl (C=O) groups is 1. The van der Waals surface area contributed by atoms with Crippen LogP contribution in [0.25, 0.3) is 0 Å². The molecule has 208 valence electrons. The van der Waals surface area contributed by atoms with Crippen molar-refractivity contribution in [1.29, 1.82) is 0 Å². The Morgan fingerprint density at radius 3 is 1.85 bits per heavy atom. The zero-order valence-corrected chi connectivity index (χ0v) is 24.3. The number of hydrogen-bond acceptors (Lipinski definition) is 7. The summed E-state index contributed by atoms with van der Waals surface area (Å²) in [7, 11) is -4.64. The molecule has 4 aromatic rings. The van der Waals surface area contributed by atoms with E-state index in [0.717, 1.165) is 9.20 Å². The van der Waals surface area contributed by atoms with Crippen molar-refractivity contribution in [3.05, 3.63) is 103 Å². The first-order valence-corrected chi connectivity index (χ1v) is 16.0. The second-order valence-corrected chi connectivity index (χ2v) is 13.0. The number of nitrogens with zero attached hydrogens (tertiary/aromatic N) is 1. The van der Waals surface area contributed by atoms with Gasteiger partial charge in [-0.15, -0.1) is 11.8 Å². The average molecular weight is 598 g/mol. The molecule has 0 fully saturated rings. The Bertz CT molecular complexity index is 1690. The minimum Gasteiger partial charge on any atom is -0.497 e. The van der Waals surface area contributed by atoms with Crippen molar-refractivity contribution < 1.29 is 26.4 Å². The summed E-state index contributed by atoms with van der Waals surface area (Å²) in [5.74, 6) is 0.170. The van der Waals surface area contributed by atoms with Crippen molar-refractivity contribution in [2.45, 2.75) is 14.7 Å². The second kappa shape index (κ2) is 12.0. The molecule has 0 aliphatic carbocycles. The van der Waals surface area contributed by atoms with E-state index in [9.17, 15) is 21.6 Å². The van der Waals surface area contributed by atoms with Crippen molar-refractivity contribution in [3.63, 3.8) is 0 Å². The summed E-state index contributed by atoms with van der Waals surface area (Å²) < 4.78 is 60.2. The van der Waals surface area contributed by atoms with E-state index in [-0.39, 0.29) is 9.79 Å². The van der Waals surface area contributed by atoms with E-state index in [1.165, 1.54) is 62.3 Å². The van der Waals surface area contributed by atoms with Gasteiger partial charge >= 0.3 is 0 Å². The molecule has 0 atom stereocenters. The Hall–Kier alpha value is -4.00. The van der Waals surface area contributed by atoms with Gasteiger partial charge in [-0.25, -0.2) is 16.8 Å². The van der Waals surface area contributed by atoms with Gasteiger partial charge in [-0.05, 0) is 103 Å². The van der Waals surface area contributed by atoms with Crippen LogP contribution in [0.3, 0.4) is 0 Å². The van der Waals surface area contributed by atoms with Gasteiger partial charge in [0.2, 0.25) is 0 Å². The van der Waals surface area contributed by atoms with Crippen LogP contribution in [-0.4, -0.2) is 43.2 Å². The van der Waals surface area contributed by atoms with Crippen LogP contribution in [0.4, 0.5) is 17.1 Å². The third-order valence-electron chi connectivity index (χ3n) is 5.98. The van der Waals surface area contributed by atoms with Crippen LogP contribution < -0.4 is 19.1 Å². The predicted molar refractivity (Wildman–Crippen MR) is 158 cm³/mol. The third kappa shape index (κ3) is 6.58. The third-order valence-corrected chi connectivity index (χ3v) is 9.92. The van der Waals surface area contributed by atoms with Crippen LogP contribution in [0.15, 0.2) is 112 Å². The van der Waals surface area contributed by atoms with Crippen LogP contribution in [-0.2, 0) is 20.0 Å². The summed E-state index contributed by atoms with van der Waals surface area (Å²) in [4.78, 5) is 13.9. The molecule has 9 nitrogen and oxygen atoms in total. The van der Waals surface area contributed by atoms with Crippen molar-refractivity contribution in [3.8, 4) is 5.75 Å². The second-order valence-electron chi connectivity index (χ2n) is 8.51. The Kier molecular flexibility index (Phi) is 8.72. The number of carbonyl (C=O) groups excluding carboxylic acids is 1. The van der Waals surface area contributed by atoms with E-state index in [2.05, 4.69) is 10.0 Å². The molecule has 0 aliphatic heterocycles. The SMILES string of the molecule is COc1ccc(NS(=O)(=O)c2ccc(NC(=O)c3ccc(N(C)S(=O)(=O)c4ccc(SC)cc4)cc3)cc2)cc1. The number of nitrogens with one attached hydrogen (secondary N) is 2. The van der Waals surface area contributed by atoms with Gasteiger partial charge in [-0.3, -0.25) is 13.8 Å². The molecule has 2 N–H and O–H groups in total. The molecule has 4 rings (SSSR count). The highest BCUT2D eigenvalue weighted by molar-refractivity contribution is 7.98. The summed E-state index contributed by atoms with van der Waals surface area (Å²) in [5, 5.41) is 2.71. The molecule has 1 amide bonds. The number of amides is 1. The molecule has 0 aliphatic rings. The van der Waals surface area contributed by atoms with E-state index in [1.54, 1.807) is 60.7 Å². The predicted octanol–water partition coefficient (Wildman–Crippen LogP) is 5.30. The van der Waals surface area contributed by atoms with E-state index < -0.39 is 26.0 Å². The maximum Gasteiger partial charge on any atom is 0.264 e. The van der Waals surface area contributed by atoms with E-state index >= 15 is 0 Å². The van der Waals surface area contributed by atoms with Gasteiger partial charge in [0.05, 0.1) is 22.6 Å². The van der Waals surface area contributed by atoms with Crippen molar-refractivity contribution in [1.82, 2.24) is 0 Å². The molecule has 0 heterocycles. The van der Waals surface area contributed by atoms with Crippen LogP contribution in [0.1, 0.15) is 10.4 Å². The average Bonchev–Trinajstić information content (AvgIpc) is 2.97. The Balaban J connectivity index is 1.41. The first-order valence-electron chi connectivity index (χ1n) is 11.8. The highest BCUT2D eigenvalue weighted by atomic mass is 32.2. The fourth-order valence-electron chi connectivity index (χ4n) is 3.66. The highest BCUT2D eigenvalue weighted by Gasteiger charge is 2.21. The molecule has 4 aromatic carbocycles. The van der Waals surface area contributed by atoms with E-state index in [0.29, 0.717) is 28.4 Å². The Labute approximate surface area is 238 Å². The van der Waals surface area contributed by atoms with Crippen LogP contribution in [0.2, 0.25) is 0 Å². The maximum atomic E-state index is 13.0. The minimum absolute atomic E-state index is 0.0259. The summed E-state index contributed by atoms with van der Waals surface area (Å²) in [6.45, 7) is 0. The Morgan fingerprint density at radius 2 is 1.30 bits per heavy atom. The number of sulfonamides is 2. The minimum atomic E-state index is -3.84. The summed E-state index contributed by atoms with van der Waals surface area (Å²) in [6.07, 6.45) is 1.91. The topological polar surface area (TPSA) is 122 Å². The molecule has 0 unspecified atom stereocenters. The van der Waals surface area contributed by atoms with Gasteiger partial charge in [-0.2, -0.15) is 0 Å². The van der Waals surface area contributed by atoms with Crippen LogP contribution in [0, 0.1) is 0 Å². The first-order chi connectivity index (χ1) is 19.0. The summed E-state index contributed by atoms with van der Waals surface area (Å²) in [5.41, 5.74) is 1.47. The molecule has 0 saturated heterocycles. The lowest BCUT2D eigenvalue weighted by molar-refractivity contribution is 0.102. The lowest BCUT2D eigenvalue weighted by Gasteiger charge is -2.20. The van der Waals surface area contributed by atoms with Crippen LogP contribution >= 0.6 is 11.8 Å². The van der Waals surface area contributed by atoms with Crippen molar-refractivity contribution in [2.24, 2.45) is 0 Å². The fourth-order valence-corrected chi connectivity index (χ4v) is 6.32.